The molecule has 0 amide bonds. The van der Waals surface area contributed by atoms with Gasteiger partial charge >= 0.3 is 0 Å². The first kappa shape index (κ1) is 22.1. The Morgan fingerprint density at radius 2 is 1.06 bits per heavy atom. The smallest absolute Gasteiger partial charge is 0.157 e. The number of benzene rings is 4. The fourth-order valence-electron chi connectivity index (χ4n) is 3.76. The van der Waals surface area contributed by atoms with Gasteiger partial charge in [-0.2, -0.15) is 0 Å². The number of ether oxygens (including phenoxy) is 1. The molecule has 4 aromatic carbocycles. The number of phenolic OH excluding ortho intramolecular Hbond substituents is 4. The third-order valence-corrected chi connectivity index (χ3v) is 5.44. The van der Waals surface area contributed by atoms with Crippen LogP contribution in [-0.4, -0.2) is 20.4 Å². The summed E-state index contributed by atoms with van der Waals surface area (Å²) in [6.07, 6.45) is 2.90. The summed E-state index contributed by atoms with van der Waals surface area (Å²) in [7, 11) is 0. The Labute approximate surface area is 192 Å². The first-order valence-electron chi connectivity index (χ1n) is 10.8. The summed E-state index contributed by atoms with van der Waals surface area (Å²) >= 11 is 0. The molecule has 5 heteroatoms. The first-order chi connectivity index (χ1) is 15.9. The summed E-state index contributed by atoms with van der Waals surface area (Å²) in [5, 5.41) is 38.9. The van der Waals surface area contributed by atoms with E-state index in [4.69, 9.17) is 4.74 Å². The Kier molecular flexibility index (Phi) is 6.69. The topological polar surface area (TPSA) is 90.2 Å². The van der Waals surface area contributed by atoms with Crippen LogP contribution in [0, 0.1) is 0 Å². The molecule has 33 heavy (non-hydrogen) atoms. The predicted molar refractivity (Wildman–Crippen MR) is 127 cm³/mol. The molecule has 5 nitrogen and oxygen atoms in total. The van der Waals surface area contributed by atoms with E-state index in [1.165, 1.54) is 12.1 Å². The zero-order chi connectivity index (χ0) is 23.2. The summed E-state index contributed by atoms with van der Waals surface area (Å²) in [6.45, 7) is 0. The summed E-state index contributed by atoms with van der Waals surface area (Å²) in [5.41, 5.74) is 3.97. The Morgan fingerprint density at radius 1 is 0.455 bits per heavy atom. The maximum atomic E-state index is 10.2. The SMILES string of the molecule is Oc1cccc(CCc2cccc(Oc3cc(O)cc(CCc4ccc(O)c(O)c4)c3)c2)c1. The van der Waals surface area contributed by atoms with Gasteiger partial charge in [-0.05, 0) is 96.5 Å². The van der Waals surface area contributed by atoms with E-state index in [0.717, 1.165) is 35.1 Å². The van der Waals surface area contributed by atoms with Crippen molar-refractivity contribution in [2.75, 3.05) is 0 Å². The van der Waals surface area contributed by atoms with Crippen LogP contribution in [0.25, 0.3) is 0 Å². The third-order valence-electron chi connectivity index (χ3n) is 5.44. The molecule has 0 bridgehead atoms. The van der Waals surface area contributed by atoms with Crippen molar-refractivity contribution >= 4 is 0 Å². The van der Waals surface area contributed by atoms with Crippen molar-refractivity contribution in [2.45, 2.75) is 25.7 Å². The van der Waals surface area contributed by atoms with Crippen LogP contribution in [0.15, 0.2) is 84.9 Å². The molecule has 4 N–H and O–H groups in total. The van der Waals surface area contributed by atoms with E-state index in [1.807, 2.05) is 42.5 Å². The Balaban J connectivity index is 1.41. The number of hydrogen-bond acceptors (Lipinski definition) is 5. The summed E-state index contributed by atoms with van der Waals surface area (Å²) in [4.78, 5) is 0. The van der Waals surface area contributed by atoms with Crippen molar-refractivity contribution in [3.05, 3.63) is 107 Å². The second kappa shape index (κ2) is 10.0. The molecule has 4 rings (SSSR count). The van der Waals surface area contributed by atoms with Crippen LogP contribution >= 0.6 is 0 Å². The Morgan fingerprint density at radius 3 is 1.79 bits per heavy atom. The molecular formula is C28H26O5. The van der Waals surface area contributed by atoms with Crippen LogP contribution in [0.4, 0.5) is 0 Å². The molecule has 0 saturated heterocycles. The fraction of sp³-hybridized carbons (Fsp3) is 0.143. The van der Waals surface area contributed by atoms with Gasteiger partial charge in [-0.15, -0.1) is 0 Å². The van der Waals surface area contributed by atoms with Crippen molar-refractivity contribution in [1.82, 2.24) is 0 Å². The minimum absolute atomic E-state index is 0.121. The molecule has 0 atom stereocenters. The van der Waals surface area contributed by atoms with Crippen molar-refractivity contribution in [1.29, 1.82) is 0 Å². The van der Waals surface area contributed by atoms with Gasteiger partial charge in [0, 0.05) is 6.07 Å². The molecule has 0 aliphatic heterocycles. The molecule has 0 aliphatic rings. The van der Waals surface area contributed by atoms with Gasteiger partial charge in [0.15, 0.2) is 11.5 Å². The van der Waals surface area contributed by atoms with Crippen LogP contribution in [-0.2, 0) is 25.7 Å². The number of rotatable bonds is 8. The van der Waals surface area contributed by atoms with Crippen molar-refractivity contribution in [3.8, 4) is 34.5 Å². The Hall–Kier alpha value is -4.12. The van der Waals surface area contributed by atoms with E-state index in [0.29, 0.717) is 24.3 Å². The molecule has 4 aromatic rings. The maximum absolute atomic E-state index is 10.2. The van der Waals surface area contributed by atoms with Gasteiger partial charge in [0.2, 0.25) is 0 Å². The Bertz CT molecular complexity index is 1250. The van der Waals surface area contributed by atoms with Gasteiger partial charge < -0.3 is 25.2 Å². The normalized spacial score (nSPS) is 10.8. The summed E-state index contributed by atoms with van der Waals surface area (Å²) < 4.78 is 6.03. The number of aryl methyl sites for hydroxylation is 4. The van der Waals surface area contributed by atoms with E-state index in [1.54, 1.807) is 30.3 Å². The van der Waals surface area contributed by atoms with Gasteiger partial charge in [-0.25, -0.2) is 0 Å². The quantitative estimate of drug-likeness (QED) is 0.256. The third kappa shape index (κ3) is 6.20. The first-order valence-corrected chi connectivity index (χ1v) is 10.8. The lowest BCUT2D eigenvalue weighted by molar-refractivity contribution is 0.403. The highest BCUT2D eigenvalue weighted by Crippen LogP contribution is 2.29. The second-order valence-corrected chi connectivity index (χ2v) is 8.08. The number of aromatic hydroxyl groups is 4. The van der Waals surface area contributed by atoms with Crippen molar-refractivity contribution in [2.24, 2.45) is 0 Å². The lowest BCUT2D eigenvalue weighted by Gasteiger charge is -2.11. The molecule has 0 saturated carbocycles. The molecule has 0 aliphatic carbocycles. The van der Waals surface area contributed by atoms with Crippen LogP contribution in [0.2, 0.25) is 0 Å². The molecule has 0 fully saturated rings. The molecule has 0 radical (unpaired) electrons. The summed E-state index contributed by atoms with van der Waals surface area (Å²) in [5.74, 6) is 1.34. The zero-order valence-electron chi connectivity index (χ0n) is 18.1. The molecule has 0 spiro atoms. The molecule has 0 heterocycles. The average Bonchev–Trinajstić information content (AvgIpc) is 2.78. The van der Waals surface area contributed by atoms with E-state index in [-0.39, 0.29) is 23.0 Å². The van der Waals surface area contributed by atoms with Gasteiger partial charge in [0.25, 0.3) is 0 Å². The lowest BCUT2D eigenvalue weighted by atomic mass is 10.0. The van der Waals surface area contributed by atoms with Crippen LogP contribution in [0.3, 0.4) is 0 Å². The van der Waals surface area contributed by atoms with Crippen LogP contribution in [0.5, 0.6) is 34.5 Å². The van der Waals surface area contributed by atoms with E-state index in [2.05, 4.69) is 0 Å². The highest BCUT2D eigenvalue weighted by atomic mass is 16.5. The molecule has 168 valence electrons. The van der Waals surface area contributed by atoms with Gasteiger partial charge in [0.1, 0.15) is 23.0 Å². The molecular weight excluding hydrogens is 416 g/mol. The maximum Gasteiger partial charge on any atom is 0.157 e. The largest absolute Gasteiger partial charge is 0.508 e. The fourth-order valence-corrected chi connectivity index (χ4v) is 3.76. The second-order valence-electron chi connectivity index (χ2n) is 8.08. The summed E-state index contributed by atoms with van der Waals surface area (Å²) in [6, 6.07) is 25.0. The lowest BCUT2D eigenvalue weighted by Crippen LogP contribution is -1.94. The predicted octanol–water partition coefficient (Wildman–Crippen LogP) is 5.87. The van der Waals surface area contributed by atoms with E-state index < -0.39 is 0 Å². The van der Waals surface area contributed by atoms with Gasteiger partial charge in [-0.3, -0.25) is 0 Å². The van der Waals surface area contributed by atoms with Crippen LogP contribution < -0.4 is 4.74 Å². The van der Waals surface area contributed by atoms with Crippen LogP contribution in [0.1, 0.15) is 22.3 Å². The molecule has 0 aromatic heterocycles. The standard InChI is InChI=1S/C28H26O5/c29-23-5-1-3-19(13-23)7-8-20-4-2-6-25(15-20)33-26-16-22(14-24(30)18-26)10-9-21-11-12-27(31)28(32)17-21/h1-6,11-18,29-32H,7-10H2. The van der Waals surface area contributed by atoms with Gasteiger partial charge in [-0.1, -0.05) is 30.3 Å². The highest BCUT2D eigenvalue weighted by molar-refractivity contribution is 5.43. The number of hydrogen-bond donors (Lipinski definition) is 4. The van der Waals surface area contributed by atoms with Crippen molar-refractivity contribution in [3.63, 3.8) is 0 Å². The highest BCUT2D eigenvalue weighted by Gasteiger charge is 2.07. The minimum atomic E-state index is -0.143. The average molecular weight is 443 g/mol. The molecule has 0 unspecified atom stereocenters. The van der Waals surface area contributed by atoms with E-state index >= 15 is 0 Å². The minimum Gasteiger partial charge on any atom is -0.508 e. The number of phenols is 4. The van der Waals surface area contributed by atoms with Gasteiger partial charge in [0.05, 0.1) is 0 Å². The van der Waals surface area contributed by atoms with E-state index in [9.17, 15) is 20.4 Å². The zero-order valence-corrected chi connectivity index (χ0v) is 18.1. The van der Waals surface area contributed by atoms with Crippen molar-refractivity contribution < 1.29 is 25.2 Å². The monoisotopic (exact) mass is 442 g/mol.